The molecule has 1 atom stereocenters. The Labute approximate surface area is 168 Å². The van der Waals surface area contributed by atoms with Crippen molar-refractivity contribution >= 4 is 17.2 Å². The molecule has 144 valence electrons. The highest BCUT2D eigenvalue weighted by molar-refractivity contribution is 7.15. The van der Waals surface area contributed by atoms with Crippen LogP contribution in [0.4, 0.5) is 0 Å². The van der Waals surface area contributed by atoms with Gasteiger partial charge in [-0.05, 0) is 49.8 Å². The molecule has 1 aliphatic carbocycles. The predicted molar refractivity (Wildman–Crippen MR) is 108 cm³/mol. The summed E-state index contributed by atoms with van der Waals surface area (Å²) in [7, 11) is 0. The number of carbonyl (C=O) groups excluding carboxylic acids is 1. The molecule has 5 rings (SSSR count). The van der Waals surface area contributed by atoms with E-state index in [1.165, 1.54) is 28.8 Å². The van der Waals surface area contributed by atoms with Crippen molar-refractivity contribution in [2.45, 2.75) is 51.5 Å². The molecule has 1 unspecified atom stereocenters. The number of aryl methyl sites for hydroxylation is 3. The van der Waals surface area contributed by atoms with Crippen LogP contribution in [-0.2, 0) is 24.2 Å². The fraction of sp³-hybridized carbons (Fsp3) is 0.409. The Morgan fingerprint density at radius 3 is 2.86 bits per heavy atom. The maximum Gasteiger partial charge on any atom is 0.268 e. The first-order valence-electron chi connectivity index (χ1n) is 9.94. The normalized spacial score (nSPS) is 19.2. The summed E-state index contributed by atoms with van der Waals surface area (Å²) < 4.78 is 5.56. The van der Waals surface area contributed by atoms with Crippen LogP contribution >= 0.6 is 11.3 Å². The number of likely N-dealkylation sites (tertiary alicyclic amines) is 1. The molecule has 6 heteroatoms. The van der Waals surface area contributed by atoms with Crippen LogP contribution < -0.4 is 0 Å². The first kappa shape index (κ1) is 17.6. The highest BCUT2D eigenvalue weighted by atomic mass is 32.1. The van der Waals surface area contributed by atoms with Crippen LogP contribution in [-0.4, -0.2) is 27.5 Å². The number of hydrogen-bond donors (Lipinski definition) is 0. The maximum absolute atomic E-state index is 12.5. The fourth-order valence-corrected chi connectivity index (χ4v) is 5.28. The lowest BCUT2D eigenvalue weighted by Gasteiger charge is -2.16. The van der Waals surface area contributed by atoms with Gasteiger partial charge in [-0.3, -0.25) is 4.79 Å². The van der Waals surface area contributed by atoms with Crippen LogP contribution in [0.15, 0.2) is 34.9 Å². The van der Waals surface area contributed by atoms with Gasteiger partial charge in [0.1, 0.15) is 0 Å². The molecule has 1 fully saturated rings. The second-order valence-electron chi connectivity index (χ2n) is 7.88. The summed E-state index contributed by atoms with van der Waals surface area (Å²) in [5.41, 5.74) is 3.81. The summed E-state index contributed by atoms with van der Waals surface area (Å²) in [5.74, 6) is 1.41. The van der Waals surface area contributed by atoms with Crippen LogP contribution in [0.25, 0.3) is 10.8 Å². The summed E-state index contributed by atoms with van der Waals surface area (Å²) in [6, 6.07) is 10.5. The van der Waals surface area contributed by atoms with E-state index in [0.717, 1.165) is 23.3 Å². The number of carbonyl (C=O) groups is 1. The molecule has 28 heavy (non-hydrogen) atoms. The third kappa shape index (κ3) is 3.37. The molecule has 0 bridgehead atoms. The third-order valence-electron chi connectivity index (χ3n) is 5.72. The van der Waals surface area contributed by atoms with Crippen LogP contribution in [0.5, 0.6) is 0 Å². The molecular weight excluding hydrogens is 370 g/mol. The van der Waals surface area contributed by atoms with Gasteiger partial charge in [0.2, 0.25) is 5.91 Å². The average molecular weight is 394 g/mol. The average Bonchev–Trinajstić information content (AvgIpc) is 3.42. The number of aromatic nitrogens is 2. The van der Waals surface area contributed by atoms with E-state index >= 15 is 0 Å². The van der Waals surface area contributed by atoms with Crippen LogP contribution in [0, 0.1) is 6.92 Å². The topological polar surface area (TPSA) is 59.2 Å². The van der Waals surface area contributed by atoms with Crippen molar-refractivity contribution in [1.82, 2.24) is 15.0 Å². The van der Waals surface area contributed by atoms with E-state index in [1.54, 1.807) is 11.3 Å². The summed E-state index contributed by atoms with van der Waals surface area (Å²) in [6.45, 7) is 3.35. The Morgan fingerprint density at radius 2 is 2.04 bits per heavy atom. The van der Waals surface area contributed by atoms with E-state index in [9.17, 15) is 4.79 Å². The second-order valence-corrected chi connectivity index (χ2v) is 9.02. The SMILES string of the molecule is Cc1ccc(CN2CC(c3noc(-c4cc5c(s4)CCCC5)n3)CC2=O)cc1. The first-order chi connectivity index (χ1) is 13.7. The van der Waals surface area contributed by atoms with Crippen molar-refractivity contribution in [1.29, 1.82) is 0 Å². The van der Waals surface area contributed by atoms with Crippen molar-refractivity contribution in [3.05, 3.63) is 57.7 Å². The fourth-order valence-electron chi connectivity index (χ4n) is 4.11. The number of amides is 1. The molecule has 0 radical (unpaired) electrons. The first-order valence-corrected chi connectivity index (χ1v) is 10.8. The van der Waals surface area contributed by atoms with Crippen LogP contribution in [0.2, 0.25) is 0 Å². The highest BCUT2D eigenvalue weighted by Crippen LogP contribution is 2.36. The largest absolute Gasteiger partial charge is 0.338 e. The summed E-state index contributed by atoms with van der Waals surface area (Å²) in [5, 5.41) is 4.21. The van der Waals surface area contributed by atoms with E-state index in [-0.39, 0.29) is 11.8 Å². The smallest absolute Gasteiger partial charge is 0.268 e. The van der Waals surface area contributed by atoms with Crippen LogP contribution in [0.3, 0.4) is 0 Å². The van der Waals surface area contributed by atoms with Gasteiger partial charge in [-0.1, -0.05) is 35.0 Å². The Bertz CT molecular complexity index is 982. The Balaban J connectivity index is 1.30. The van der Waals surface area contributed by atoms with Gasteiger partial charge in [0.05, 0.1) is 4.88 Å². The molecule has 0 saturated carbocycles. The molecule has 2 aromatic heterocycles. The van der Waals surface area contributed by atoms with Gasteiger partial charge < -0.3 is 9.42 Å². The van der Waals surface area contributed by atoms with E-state index in [0.29, 0.717) is 31.2 Å². The number of thiophene rings is 1. The summed E-state index contributed by atoms with van der Waals surface area (Å²) >= 11 is 1.77. The summed E-state index contributed by atoms with van der Waals surface area (Å²) in [4.78, 5) is 21.5. The zero-order chi connectivity index (χ0) is 19.1. The van der Waals surface area contributed by atoms with Gasteiger partial charge in [0.25, 0.3) is 5.89 Å². The number of fused-ring (bicyclic) bond motifs is 1. The lowest BCUT2D eigenvalue weighted by Crippen LogP contribution is -2.24. The van der Waals surface area contributed by atoms with Crippen molar-refractivity contribution < 1.29 is 9.32 Å². The van der Waals surface area contributed by atoms with Gasteiger partial charge >= 0.3 is 0 Å². The van der Waals surface area contributed by atoms with Gasteiger partial charge in [0, 0.05) is 30.3 Å². The van der Waals surface area contributed by atoms with Gasteiger partial charge in [-0.15, -0.1) is 11.3 Å². The number of nitrogens with zero attached hydrogens (tertiary/aromatic N) is 3. The number of hydrogen-bond acceptors (Lipinski definition) is 5. The Kier molecular flexibility index (Phi) is 4.51. The van der Waals surface area contributed by atoms with Gasteiger partial charge in [-0.25, -0.2) is 0 Å². The lowest BCUT2D eigenvalue weighted by molar-refractivity contribution is -0.128. The van der Waals surface area contributed by atoms with E-state index in [2.05, 4.69) is 47.4 Å². The molecule has 3 heterocycles. The monoisotopic (exact) mass is 393 g/mol. The maximum atomic E-state index is 12.5. The molecule has 1 saturated heterocycles. The van der Waals surface area contributed by atoms with Crippen LogP contribution in [0.1, 0.15) is 52.6 Å². The zero-order valence-corrected chi connectivity index (χ0v) is 16.8. The molecule has 0 spiro atoms. The zero-order valence-electron chi connectivity index (χ0n) is 16.0. The number of rotatable bonds is 4. The van der Waals surface area contributed by atoms with Crippen molar-refractivity contribution in [2.75, 3.05) is 6.54 Å². The molecule has 1 aliphatic heterocycles. The van der Waals surface area contributed by atoms with Gasteiger partial charge in [-0.2, -0.15) is 4.98 Å². The van der Waals surface area contributed by atoms with E-state index < -0.39 is 0 Å². The third-order valence-corrected chi connectivity index (χ3v) is 6.95. The predicted octanol–water partition coefficient (Wildman–Crippen LogP) is 4.50. The highest BCUT2D eigenvalue weighted by Gasteiger charge is 2.34. The Morgan fingerprint density at radius 1 is 1.21 bits per heavy atom. The quantitative estimate of drug-likeness (QED) is 0.655. The Hall–Kier alpha value is -2.47. The van der Waals surface area contributed by atoms with Gasteiger partial charge in [0.15, 0.2) is 5.82 Å². The number of benzene rings is 1. The molecule has 1 aromatic carbocycles. The lowest BCUT2D eigenvalue weighted by atomic mass is 9.99. The molecular formula is C22H23N3O2S. The molecule has 1 amide bonds. The standard InChI is InChI=1S/C22H23N3O2S/c1-14-6-8-15(9-7-14)12-25-13-17(11-20(25)26)21-23-22(27-24-21)19-10-16-4-2-3-5-18(16)28-19/h6-10,17H,2-5,11-13H2,1H3. The molecule has 2 aliphatic rings. The molecule has 3 aromatic rings. The minimum atomic E-state index is 0.00466. The second kappa shape index (κ2) is 7.17. The van der Waals surface area contributed by atoms with Crippen molar-refractivity contribution in [3.63, 3.8) is 0 Å². The molecule has 0 N–H and O–H groups in total. The van der Waals surface area contributed by atoms with Crippen molar-refractivity contribution in [3.8, 4) is 10.8 Å². The van der Waals surface area contributed by atoms with E-state index in [1.807, 2.05) is 4.90 Å². The minimum absolute atomic E-state index is 0.00466. The summed E-state index contributed by atoms with van der Waals surface area (Å²) in [6.07, 6.45) is 5.29. The minimum Gasteiger partial charge on any atom is -0.338 e. The van der Waals surface area contributed by atoms with E-state index in [4.69, 9.17) is 4.52 Å². The van der Waals surface area contributed by atoms with Crippen molar-refractivity contribution in [2.24, 2.45) is 0 Å². The molecule has 5 nitrogen and oxygen atoms in total.